The molecule has 3 heterocycles. The lowest BCUT2D eigenvalue weighted by molar-refractivity contribution is -0.114. The van der Waals surface area contributed by atoms with Gasteiger partial charge in [0.2, 0.25) is 6.79 Å². The molecule has 0 fully saturated rings. The number of carbonyl (C=O) groups excluding carboxylic acids is 1. The Labute approximate surface area is 183 Å². The smallest absolute Gasteiger partial charge is 0.253 e. The van der Waals surface area contributed by atoms with Gasteiger partial charge in [-0.05, 0) is 60.5 Å². The highest BCUT2D eigenvalue weighted by atomic mass is 32.1. The maximum absolute atomic E-state index is 13.2. The lowest BCUT2D eigenvalue weighted by atomic mass is 10.2. The maximum atomic E-state index is 13.2. The van der Waals surface area contributed by atoms with Crippen molar-refractivity contribution in [2.75, 3.05) is 11.7 Å². The summed E-state index contributed by atoms with van der Waals surface area (Å²) in [4.78, 5) is 24.0. The van der Waals surface area contributed by atoms with Gasteiger partial charge in [-0.3, -0.25) is 14.7 Å². The molecule has 4 aromatic rings. The van der Waals surface area contributed by atoms with Gasteiger partial charge in [-0.15, -0.1) is 0 Å². The van der Waals surface area contributed by atoms with E-state index in [1.807, 2.05) is 55.5 Å². The number of carbonyl (C=O) groups is 1. The molecule has 1 amide bonds. The van der Waals surface area contributed by atoms with Crippen LogP contribution < -0.4 is 14.4 Å². The fourth-order valence-electron chi connectivity index (χ4n) is 3.30. The van der Waals surface area contributed by atoms with Crippen LogP contribution in [0.15, 0.2) is 66.9 Å². The van der Waals surface area contributed by atoms with Gasteiger partial charge in [0.05, 0.1) is 22.5 Å². The predicted octanol–water partition coefficient (Wildman–Crippen LogP) is 4.98. The van der Waals surface area contributed by atoms with Crippen molar-refractivity contribution in [3.05, 3.63) is 83.7 Å². The van der Waals surface area contributed by atoms with E-state index >= 15 is 0 Å². The second kappa shape index (κ2) is 8.20. The molecule has 0 radical (unpaired) electrons. The Bertz CT molecular complexity index is 1280. The first kappa shape index (κ1) is 19.3. The third-order valence-electron chi connectivity index (χ3n) is 4.89. The average Bonchev–Trinajstić information content (AvgIpc) is 3.42. The number of hydrogen-bond acceptors (Lipinski definition) is 6. The molecule has 6 nitrogen and oxygen atoms in total. The topological polar surface area (TPSA) is 64.6 Å². The SMILES string of the molecule is Cc1ccc2nc(N(Cc3ccccn3)C(=O)/C=C/c3ccc4c(c3)OCO4)sc2c1. The number of fused-ring (bicyclic) bond motifs is 2. The molecule has 31 heavy (non-hydrogen) atoms. The molecule has 0 saturated carbocycles. The van der Waals surface area contributed by atoms with Crippen LogP contribution in [0.3, 0.4) is 0 Å². The van der Waals surface area contributed by atoms with Crippen molar-refractivity contribution in [1.82, 2.24) is 9.97 Å². The highest BCUT2D eigenvalue weighted by Crippen LogP contribution is 2.33. The maximum Gasteiger partial charge on any atom is 0.253 e. The van der Waals surface area contributed by atoms with Gasteiger partial charge in [-0.25, -0.2) is 4.98 Å². The predicted molar refractivity (Wildman–Crippen MR) is 121 cm³/mol. The number of benzene rings is 2. The molecular formula is C24H19N3O3S. The van der Waals surface area contributed by atoms with Crippen LogP contribution in [0.25, 0.3) is 16.3 Å². The number of pyridine rings is 1. The molecule has 2 aromatic carbocycles. The lowest BCUT2D eigenvalue weighted by Gasteiger charge is -2.17. The number of nitrogens with zero attached hydrogens (tertiary/aromatic N) is 3. The first-order chi connectivity index (χ1) is 15.2. The fourth-order valence-corrected chi connectivity index (χ4v) is 4.37. The van der Waals surface area contributed by atoms with E-state index in [1.54, 1.807) is 23.2 Å². The molecule has 0 spiro atoms. The third kappa shape index (κ3) is 4.13. The van der Waals surface area contributed by atoms with Gasteiger partial charge < -0.3 is 9.47 Å². The summed E-state index contributed by atoms with van der Waals surface area (Å²) in [5, 5.41) is 0.645. The van der Waals surface area contributed by atoms with Crippen molar-refractivity contribution in [3.8, 4) is 11.5 Å². The molecule has 0 aliphatic carbocycles. The minimum atomic E-state index is -0.168. The first-order valence-electron chi connectivity index (χ1n) is 9.82. The Balaban J connectivity index is 1.46. The number of thiazole rings is 1. The zero-order valence-electron chi connectivity index (χ0n) is 16.8. The molecule has 154 valence electrons. The van der Waals surface area contributed by atoms with Crippen molar-refractivity contribution in [1.29, 1.82) is 0 Å². The molecule has 0 bridgehead atoms. The van der Waals surface area contributed by atoms with Crippen LogP contribution in [-0.2, 0) is 11.3 Å². The van der Waals surface area contributed by atoms with Crippen LogP contribution in [0.4, 0.5) is 5.13 Å². The van der Waals surface area contributed by atoms with Crippen molar-refractivity contribution in [2.24, 2.45) is 0 Å². The number of amides is 1. The zero-order chi connectivity index (χ0) is 21.2. The summed E-state index contributed by atoms with van der Waals surface area (Å²) in [5.74, 6) is 1.23. The molecule has 7 heteroatoms. The molecule has 0 N–H and O–H groups in total. The van der Waals surface area contributed by atoms with Crippen LogP contribution in [0, 0.1) is 6.92 Å². The Hall–Kier alpha value is -3.71. The number of rotatable bonds is 5. The van der Waals surface area contributed by atoms with E-state index in [2.05, 4.69) is 11.1 Å². The minimum Gasteiger partial charge on any atom is -0.454 e. The van der Waals surface area contributed by atoms with E-state index in [9.17, 15) is 4.79 Å². The Morgan fingerprint density at radius 2 is 2.03 bits per heavy atom. The summed E-state index contributed by atoms with van der Waals surface area (Å²) in [6.45, 7) is 2.60. The third-order valence-corrected chi connectivity index (χ3v) is 5.93. The van der Waals surface area contributed by atoms with E-state index in [1.165, 1.54) is 11.3 Å². The Morgan fingerprint density at radius 1 is 1.13 bits per heavy atom. The van der Waals surface area contributed by atoms with Gasteiger partial charge in [0, 0.05) is 12.3 Å². The van der Waals surface area contributed by atoms with Gasteiger partial charge >= 0.3 is 0 Å². The number of anilines is 1. The van der Waals surface area contributed by atoms with Gasteiger partial charge in [-0.1, -0.05) is 29.5 Å². The highest BCUT2D eigenvalue weighted by molar-refractivity contribution is 7.22. The van der Waals surface area contributed by atoms with Crippen molar-refractivity contribution < 1.29 is 14.3 Å². The van der Waals surface area contributed by atoms with Crippen LogP contribution in [-0.4, -0.2) is 22.7 Å². The second-order valence-electron chi connectivity index (χ2n) is 7.16. The number of ether oxygens (including phenoxy) is 2. The van der Waals surface area contributed by atoms with Crippen molar-refractivity contribution >= 4 is 38.7 Å². The normalized spacial score (nSPS) is 12.5. The molecule has 0 atom stereocenters. The lowest BCUT2D eigenvalue weighted by Crippen LogP contribution is -2.29. The molecule has 0 saturated heterocycles. The second-order valence-corrected chi connectivity index (χ2v) is 8.17. The van der Waals surface area contributed by atoms with Gasteiger partial charge in [0.1, 0.15) is 0 Å². The molecule has 5 rings (SSSR count). The van der Waals surface area contributed by atoms with Gasteiger partial charge in [-0.2, -0.15) is 0 Å². The molecular weight excluding hydrogens is 410 g/mol. The number of aromatic nitrogens is 2. The van der Waals surface area contributed by atoms with Crippen LogP contribution >= 0.6 is 11.3 Å². The first-order valence-corrected chi connectivity index (χ1v) is 10.6. The average molecular weight is 430 g/mol. The van der Waals surface area contributed by atoms with Crippen LogP contribution in [0.5, 0.6) is 11.5 Å². The van der Waals surface area contributed by atoms with Crippen molar-refractivity contribution in [3.63, 3.8) is 0 Å². The van der Waals surface area contributed by atoms with E-state index in [0.717, 1.165) is 27.0 Å². The van der Waals surface area contributed by atoms with Gasteiger partial charge in [0.15, 0.2) is 16.6 Å². The molecule has 2 aromatic heterocycles. The number of hydrogen-bond donors (Lipinski definition) is 0. The summed E-state index contributed by atoms with van der Waals surface area (Å²) in [6, 6.07) is 17.4. The van der Waals surface area contributed by atoms with Crippen LogP contribution in [0.1, 0.15) is 16.8 Å². The summed E-state index contributed by atoms with van der Waals surface area (Å²) >= 11 is 1.50. The van der Waals surface area contributed by atoms with Crippen LogP contribution in [0.2, 0.25) is 0 Å². The molecule has 0 unspecified atom stereocenters. The van der Waals surface area contributed by atoms with E-state index in [4.69, 9.17) is 14.5 Å². The summed E-state index contributed by atoms with van der Waals surface area (Å²) < 4.78 is 11.8. The van der Waals surface area contributed by atoms with E-state index < -0.39 is 0 Å². The Morgan fingerprint density at radius 3 is 2.90 bits per heavy atom. The standard InChI is InChI=1S/C24H19N3O3S/c1-16-5-8-19-22(12-16)31-24(26-19)27(14-18-4-2-3-11-25-18)23(28)10-7-17-6-9-20-21(13-17)30-15-29-20/h2-13H,14-15H2,1H3/b10-7+. The summed E-state index contributed by atoms with van der Waals surface area (Å²) in [6.07, 6.45) is 5.05. The zero-order valence-corrected chi connectivity index (χ0v) is 17.6. The Kier molecular flexibility index (Phi) is 5.09. The molecule has 1 aliphatic rings. The highest BCUT2D eigenvalue weighted by Gasteiger charge is 2.19. The minimum absolute atomic E-state index is 0.168. The van der Waals surface area contributed by atoms with Crippen molar-refractivity contribution in [2.45, 2.75) is 13.5 Å². The van der Waals surface area contributed by atoms with E-state index in [-0.39, 0.29) is 12.7 Å². The van der Waals surface area contributed by atoms with Gasteiger partial charge in [0.25, 0.3) is 5.91 Å². The quantitative estimate of drug-likeness (QED) is 0.419. The molecule has 1 aliphatic heterocycles. The fraction of sp³-hybridized carbons (Fsp3) is 0.125. The van der Waals surface area contributed by atoms with E-state index in [0.29, 0.717) is 23.2 Å². The summed E-state index contributed by atoms with van der Waals surface area (Å²) in [7, 11) is 0. The number of aryl methyl sites for hydroxylation is 1. The largest absolute Gasteiger partial charge is 0.454 e. The summed E-state index contributed by atoms with van der Waals surface area (Å²) in [5.41, 5.74) is 3.69. The monoisotopic (exact) mass is 429 g/mol.